The largest absolute Gasteiger partial charge is 0.341 e. The minimum Gasteiger partial charge on any atom is -0.341 e. The fourth-order valence-corrected chi connectivity index (χ4v) is 15.6. The summed E-state index contributed by atoms with van der Waals surface area (Å²) in [6.07, 6.45) is 16.6. The number of carbonyl (C=O) groups excluding carboxylic acids is 1. The first kappa shape index (κ1) is 30.0. The quantitative estimate of drug-likeness (QED) is 0.330. The Morgan fingerprint density at radius 3 is 1.60 bits per heavy atom. The molecule has 3 nitrogen and oxygen atoms in total. The molecule has 0 bridgehead atoms. The Kier molecular flexibility index (Phi) is 10.3. The molecule has 2 aliphatic carbocycles. The van der Waals surface area contributed by atoms with E-state index < -0.39 is 7.92 Å². The van der Waals surface area contributed by atoms with E-state index in [1.807, 2.05) is 7.05 Å². The maximum Gasteiger partial charge on any atom is 0.317 e. The van der Waals surface area contributed by atoms with Crippen LogP contribution in [0.1, 0.15) is 92.9 Å². The molecule has 0 unspecified atom stereocenters. The summed E-state index contributed by atoms with van der Waals surface area (Å²) in [6, 6.07) is 14.7. The molecular weight excluding hydrogens is 526 g/mol. The third-order valence-electron chi connectivity index (χ3n) is 9.71. The third-order valence-corrected chi connectivity index (χ3v) is 16.2. The number of rotatable bonds is 7. The zero-order chi connectivity index (χ0) is 28.2. The van der Waals surface area contributed by atoms with Crippen molar-refractivity contribution in [1.29, 1.82) is 0 Å². The van der Waals surface area contributed by atoms with Crippen molar-refractivity contribution in [3.8, 4) is 0 Å². The molecule has 1 saturated heterocycles. The van der Waals surface area contributed by atoms with Gasteiger partial charge in [0.1, 0.15) is 0 Å². The number of benzene rings is 2. The second-order valence-electron chi connectivity index (χ2n) is 13.1. The molecule has 1 N–H and O–H groups in total. The molecule has 40 heavy (non-hydrogen) atoms. The molecule has 3 fully saturated rings. The molecule has 5 rings (SSSR count). The van der Waals surface area contributed by atoms with Crippen molar-refractivity contribution in [2.24, 2.45) is 0 Å². The third kappa shape index (κ3) is 7.13. The molecule has 2 aromatic carbocycles. The number of nitrogens with one attached hydrogen (secondary N) is 1. The molecule has 2 saturated carbocycles. The summed E-state index contributed by atoms with van der Waals surface area (Å²) >= 11 is 0. The van der Waals surface area contributed by atoms with E-state index in [0.29, 0.717) is 11.7 Å². The van der Waals surface area contributed by atoms with Gasteiger partial charge in [0.2, 0.25) is 0 Å². The molecule has 3 aliphatic rings. The number of aryl methyl sites for hydroxylation is 4. The summed E-state index contributed by atoms with van der Waals surface area (Å²) in [5.41, 5.74) is 7.95. The minimum absolute atomic E-state index is 0.0497. The van der Waals surface area contributed by atoms with E-state index in [4.69, 9.17) is 0 Å². The number of hydrogen-bond donors (Lipinski definition) is 1. The highest BCUT2D eigenvalue weighted by Gasteiger charge is 2.44. The van der Waals surface area contributed by atoms with E-state index in [2.05, 4.69) is 74.3 Å². The Bertz CT molecular complexity index is 1040. The average molecular weight is 579 g/mol. The van der Waals surface area contributed by atoms with Gasteiger partial charge in [-0.2, -0.15) is 0 Å². The van der Waals surface area contributed by atoms with Gasteiger partial charge in [0.25, 0.3) is 0 Å². The number of amides is 2. The number of hydrogen-bond acceptors (Lipinski definition) is 1. The van der Waals surface area contributed by atoms with Gasteiger partial charge in [0.05, 0.1) is 0 Å². The Hall–Kier alpha value is -1.43. The lowest BCUT2D eigenvalue weighted by Crippen LogP contribution is -2.43. The van der Waals surface area contributed by atoms with E-state index in [1.165, 1.54) is 103 Å². The van der Waals surface area contributed by atoms with Gasteiger partial charge in [-0.1, -0.05) is 105 Å². The lowest BCUT2D eigenvalue weighted by molar-refractivity contribution is 0.199. The first-order chi connectivity index (χ1) is 19.3. The average Bonchev–Trinajstić information content (AvgIpc) is 3.34. The fourth-order valence-electron chi connectivity index (χ4n) is 8.11. The highest BCUT2D eigenvalue weighted by Crippen LogP contribution is 2.61. The number of likely N-dealkylation sites (tertiary alicyclic amines) is 1. The Balaban J connectivity index is 1.48. The summed E-state index contributed by atoms with van der Waals surface area (Å²) in [5.74, 6) is 0. The van der Waals surface area contributed by atoms with Crippen molar-refractivity contribution in [2.45, 2.75) is 121 Å². The maximum atomic E-state index is 13.4. The van der Waals surface area contributed by atoms with Crippen molar-refractivity contribution >= 4 is 32.5 Å². The number of nitrogens with zero attached hydrogens (tertiary/aromatic N) is 1. The minimum atomic E-state index is -0.565. The Morgan fingerprint density at radius 2 is 1.18 bits per heavy atom. The highest BCUT2D eigenvalue weighted by molar-refractivity contribution is 7.73. The molecule has 0 spiro atoms. The zero-order valence-electron chi connectivity index (χ0n) is 25.7. The molecule has 218 valence electrons. The van der Waals surface area contributed by atoms with E-state index >= 15 is 0 Å². The predicted octanol–water partition coefficient (Wildman–Crippen LogP) is 8.28. The Morgan fingerprint density at radius 1 is 0.725 bits per heavy atom. The zero-order valence-corrected chi connectivity index (χ0v) is 27.5. The lowest BCUT2D eigenvalue weighted by atomic mass is 9.99. The van der Waals surface area contributed by atoms with E-state index in [-0.39, 0.29) is 14.0 Å². The number of carbonyl (C=O) groups is 1. The SMILES string of the molecule is CNC(=O)N1C[C@H](P(C2CCCCC2)C2CCCCC2)C[C@@H]1CP(c1cc(C)cc(C)c1)c1cc(C)cc(C)c1. The van der Waals surface area contributed by atoms with Crippen LogP contribution in [0.2, 0.25) is 0 Å². The molecule has 2 aromatic rings. The predicted molar refractivity (Wildman–Crippen MR) is 177 cm³/mol. The molecular formula is C35H52N2OP2. The van der Waals surface area contributed by atoms with Gasteiger partial charge in [-0.25, -0.2) is 4.79 Å². The van der Waals surface area contributed by atoms with Gasteiger partial charge in [-0.15, -0.1) is 0 Å². The van der Waals surface area contributed by atoms with Gasteiger partial charge in [0.15, 0.2) is 0 Å². The summed E-state index contributed by atoms with van der Waals surface area (Å²) in [7, 11) is 1.21. The van der Waals surface area contributed by atoms with Gasteiger partial charge < -0.3 is 10.2 Å². The van der Waals surface area contributed by atoms with E-state index in [9.17, 15) is 4.79 Å². The molecule has 1 aliphatic heterocycles. The molecule has 0 radical (unpaired) electrons. The summed E-state index contributed by atoms with van der Waals surface area (Å²) in [5, 5.41) is 5.99. The monoisotopic (exact) mass is 578 g/mol. The number of urea groups is 1. The smallest absolute Gasteiger partial charge is 0.317 e. The summed E-state index contributed by atoms with van der Waals surface area (Å²) in [6.45, 7) is 9.90. The van der Waals surface area contributed by atoms with Gasteiger partial charge in [-0.05, 0) is 101 Å². The van der Waals surface area contributed by atoms with Crippen LogP contribution in [0, 0.1) is 27.7 Å². The summed E-state index contributed by atoms with van der Waals surface area (Å²) in [4.78, 5) is 15.7. The second-order valence-corrected chi connectivity index (χ2v) is 18.4. The fraction of sp³-hybridized carbons (Fsp3) is 0.629. The maximum absolute atomic E-state index is 13.4. The van der Waals surface area contributed by atoms with Crippen LogP contribution in [0.5, 0.6) is 0 Å². The van der Waals surface area contributed by atoms with Crippen LogP contribution in [0.3, 0.4) is 0 Å². The van der Waals surface area contributed by atoms with Crippen molar-refractivity contribution in [3.63, 3.8) is 0 Å². The normalized spacial score (nSPS) is 22.8. The van der Waals surface area contributed by atoms with Crippen molar-refractivity contribution in [1.82, 2.24) is 10.2 Å². The van der Waals surface area contributed by atoms with Gasteiger partial charge in [0, 0.05) is 19.6 Å². The van der Waals surface area contributed by atoms with Gasteiger partial charge >= 0.3 is 6.03 Å². The van der Waals surface area contributed by atoms with Crippen LogP contribution in [-0.2, 0) is 0 Å². The van der Waals surface area contributed by atoms with Crippen LogP contribution in [0.25, 0.3) is 0 Å². The van der Waals surface area contributed by atoms with Crippen LogP contribution < -0.4 is 15.9 Å². The van der Waals surface area contributed by atoms with Crippen molar-refractivity contribution in [3.05, 3.63) is 58.7 Å². The van der Waals surface area contributed by atoms with E-state index in [0.717, 1.165) is 24.0 Å². The van der Waals surface area contributed by atoms with Crippen molar-refractivity contribution < 1.29 is 4.79 Å². The molecule has 5 heteroatoms. The second kappa shape index (κ2) is 13.7. The first-order valence-electron chi connectivity index (χ1n) is 16.0. The first-order valence-corrected chi connectivity index (χ1v) is 19.1. The topological polar surface area (TPSA) is 32.3 Å². The summed E-state index contributed by atoms with van der Waals surface area (Å²) < 4.78 is 0. The molecule has 2 atom stereocenters. The lowest BCUT2D eigenvalue weighted by Gasteiger charge is -2.42. The molecule has 1 heterocycles. The van der Waals surface area contributed by atoms with E-state index in [1.54, 1.807) is 0 Å². The van der Waals surface area contributed by atoms with Crippen molar-refractivity contribution in [2.75, 3.05) is 19.8 Å². The van der Waals surface area contributed by atoms with Crippen LogP contribution in [0.4, 0.5) is 4.79 Å². The van der Waals surface area contributed by atoms with Gasteiger partial charge in [-0.3, -0.25) is 0 Å². The molecule has 0 aromatic heterocycles. The molecule has 2 amide bonds. The van der Waals surface area contributed by atoms with Crippen LogP contribution in [-0.4, -0.2) is 53.7 Å². The Labute approximate surface area is 246 Å². The van der Waals surface area contributed by atoms with Crippen LogP contribution in [0.15, 0.2) is 36.4 Å². The standard InChI is InChI=1S/C35H52N2OP2/c1-25-16-26(2)19-32(18-25)39(33-20-27(3)17-28(4)21-33)24-29-22-34(23-37(29)35(38)36-5)40(30-12-8-6-9-13-30)31-14-10-7-11-15-31/h16-21,29-31,34H,6-15,22-24H2,1-5H3,(H,36,38)/t29-,34-/m1/s1. The van der Waals surface area contributed by atoms with Crippen LogP contribution >= 0.6 is 15.8 Å². The highest BCUT2D eigenvalue weighted by atomic mass is 31.1.